The second-order valence-electron chi connectivity index (χ2n) is 5.31. The van der Waals surface area contributed by atoms with Crippen molar-refractivity contribution in [2.45, 2.75) is 33.4 Å². The molecule has 1 rings (SSSR count). The molecule has 3 N–H and O–H groups in total. The molecule has 19 heavy (non-hydrogen) atoms. The van der Waals surface area contributed by atoms with Crippen LogP contribution in [-0.4, -0.2) is 30.4 Å². The number of amides is 1. The fraction of sp³-hybridized carbons (Fsp3) is 0.533. The number of nitrogens with one attached hydrogen (secondary N) is 1. The van der Waals surface area contributed by atoms with Gasteiger partial charge in [-0.25, -0.2) is 0 Å². The van der Waals surface area contributed by atoms with Crippen LogP contribution in [0.15, 0.2) is 24.3 Å². The Morgan fingerprint density at radius 1 is 1.32 bits per heavy atom. The lowest BCUT2D eigenvalue weighted by atomic mass is 10.1. The van der Waals surface area contributed by atoms with E-state index in [-0.39, 0.29) is 5.91 Å². The number of hydrogen-bond acceptors (Lipinski definition) is 3. The summed E-state index contributed by atoms with van der Waals surface area (Å²) >= 11 is 0. The second-order valence-corrected chi connectivity index (χ2v) is 5.31. The van der Waals surface area contributed by atoms with Crippen molar-refractivity contribution >= 4 is 11.6 Å². The summed E-state index contributed by atoms with van der Waals surface area (Å²) in [5.41, 5.74) is 7.41. The average molecular weight is 263 g/mol. The van der Waals surface area contributed by atoms with Crippen LogP contribution in [0.4, 0.5) is 5.69 Å². The minimum atomic E-state index is -0.00380. The zero-order valence-corrected chi connectivity index (χ0v) is 12.3. The van der Waals surface area contributed by atoms with E-state index >= 15 is 0 Å². The molecule has 0 aliphatic rings. The topological polar surface area (TPSA) is 58.4 Å². The zero-order valence-electron chi connectivity index (χ0n) is 12.3. The molecule has 1 aromatic carbocycles. The lowest BCUT2D eigenvalue weighted by Crippen LogP contribution is -2.39. The van der Waals surface area contributed by atoms with E-state index in [2.05, 4.69) is 31.0 Å². The minimum Gasteiger partial charge on any atom is -0.326 e. The predicted molar refractivity (Wildman–Crippen MR) is 79.9 cm³/mol. The van der Waals surface area contributed by atoms with E-state index in [1.54, 1.807) is 0 Å². The number of anilines is 1. The molecule has 0 bridgehead atoms. The van der Waals surface area contributed by atoms with Gasteiger partial charge in [0.1, 0.15) is 0 Å². The van der Waals surface area contributed by atoms with Gasteiger partial charge in [-0.3, -0.25) is 9.69 Å². The number of carbonyl (C=O) groups is 1. The Hall–Kier alpha value is -1.39. The molecular weight excluding hydrogens is 238 g/mol. The van der Waals surface area contributed by atoms with Gasteiger partial charge in [-0.2, -0.15) is 0 Å². The van der Waals surface area contributed by atoms with Crippen LogP contribution in [0.5, 0.6) is 0 Å². The van der Waals surface area contributed by atoms with Gasteiger partial charge >= 0.3 is 0 Å². The van der Waals surface area contributed by atoms with Gasteiger partial charge in [-0.1, -0.05) is 32.0 Å². The number of carbonyl (C=O) groups excluding carboxylic acids is 1. The Balaban J connectivity index is 2.60. The quantitative estimate of drug-likeness (QED) is 0.826. The van der Waals surface area contributed by atoms with Crippen LogP contribution in [0, 0.1) is 5.92 Å². The van der Waals surface area contributed by atoms with Gasteiger partial charge in [0.15, 0.2) is 0 Å². The molecule has 1 unspecified atom stereocenters. The lowest BCUT2D eigenvalue weighted by Gasteiger charge is -2.27. The number of likely N-dealkylation sites (N-methyl/N-ethyl adjacent to an activating group) is 1. The van der Waals surface area contributed by atoms with Gasteiger partial charge in [-0.15, -0.1) is 0 Å². The molecule has 0 fully saturated rings. The maximum absolute atomic E-state index is 12.0. The van der Waals surface area contributed by atoms with E-state index in [1.165, 1.54) is 0 Å². The lowest BCUT2D eigenvalue weighted by molar-refractivity contribution is -0.117. The van der Waals surface area contributed by atoms with Crippen molar-refractivity contribution in [3.05, 3.63) is 29.8 Å². The summed E-state index contributed by atoms with van der Waals surface area (Å²) in [5, 5.41) is 2.93. The molecule has 0 aliphatic heterocycles. The highest BCUT2D eigenvalue weighted by Gasteiger charge is 2.16. The number of para-hydroxylation sites is 1. The normalized spacial score (nSPS) is 12.8. The number of hydrogen-bond donors (Lipinski definition) is 2. The third kappa shape index (κ3) is 4.65. The summed E-state index contributed by atoms with van der Waals surface area (Å²) < 4.78 is 0. The molecule has 4 heteroatoms. The van der Waals surface area contributed by atoms with Gasteiger partial charge in [0.2, 0.25) is 5.91 Å². The van der Waals surface area contributed by atoms with Crippen LogP contribution in [0.1, 0.15) is 26.3 Å². The van der Waals surface area contributed by atoms with E-state index in [4.69, 9.17) is 5.73 Å². The molecule has 0 heterocycles. The van der Waals surface area contributed by atoms with Gasteiger partial charge in [0.05, 0.1) is 6.54 Å². The Morgan fingerprint density at radius 3 is 2.53 bits per heavy atom. The Labute approximate surface area is 116 Å². The van der Waals surface area contributed by atoms with Crippen LogP contribution >= 0.6 is 0 Å². The Kier molecular flexibility index (Phi) is 5.99. The van der Waals surface area contributed by atoms with E-state index in [0.29, 0.717) is 25.0 Å². The van der Waals surface area contributed by atoms with Crippen molar-refractivity contribution in [1.82, 2.24) is 4.90 Å². The van der Waals surface area contributed by atoms with Crippen molar-refractivity contribution in [3.63, 3.8) is 0 Å². The number of nitrogens with two attached hydrogens (primary N) is 1. The molecule has 1 amide bonds. The van der Waals surface area contributed by atoms with Gasteiger partial charge in [0, 0.05) is 18.3 Å². The van der Waals surface area contributed by atoms with Crippen molar-refractivity contribution < 1.29 is 4.79 Å². The predicted octanol–water partition coefficient (Wildman–Crippen LogP) is 2.06. The molecule has 0 aromatic heterocycles. The van der Waals surface area contributed by atoms with Crippen molar-refractivity contribution in [1.29, 1.82) is 0 Å². The monoisotopic (exact) mass is 263 g/mol. The first-order chi connectivity index (χ1) is 8.95. The highest BCUT2D eigenvalue weighted by Crippen LogP contribution is 2.14. The summed E-state index contributed by atoms with van der Waals surface area (Å²) in [7, 11) is 1.97. The smallest absolute Gasteiger partial charge is 0.238 e. The fourth-order valence-electron chi connectivity index (χ4n) is 1.89. The van der Waals surface area contributed by atoms with Crippen LogP contribution in [-0.2, 0) is 11.3 Å². The van der Waals surface area contributed by atoms with E-state index in [9.17, 15) is 4.79 Å². The van der Waals surface area contributed by atoms with Crippen molar-refractivity contribution in [2.24, 2.45) is 11.7 Å². The van der Waals surface area contributed by atoms with Crippen molar-refractivity contribution in [2.75, 3.05) is 18.9 Å². The average Bonchev–Trinajstić information content (AvgIpc) is 2.38. The number of nitrogens with zero attached hydrogens (tertiary/aromatic N) is 1. The first kappa shape index (κ1) is 15.7. The molecule has 0 saturated heterocycles. The highest BCUT2D eigenvalue weighted by atomic mass is 16.2. The maximum Gasteiger partial charge on any atom is 0.238 e. The molecule has 1 atom stereocenters. The third-order valence-electron chi connectivity index (χ3n) is 3.56. The summed E-state index contributed by atoms with van der Waals surface area (Å²) in [5.74, 6) is 0.519. The van der Waals surface area contributed by atoms with Gasteiger partial charge < -0.3 is 11.1 Å². The second kappa shape index (κ2) is 7.26. The standard InChI is InChI=1S/C15H25N3O/c1-11(2)12(3)18(4)10-15(19)17-14-8-6-5-7-13(14)9-16/h5-8,11-12H,9-10,16H2,1-4H3,(H,17,19). The molecule has 106 valence electrons. The van der Waals surface area contributed by atoms with Gasteiger partial charge in [-0.05, 0) is 31.5 Å². The van der Waals surface area contributed by atoms with Crippen LogP contribution in [0.3, 0.4) is 0 Å². The summed E-state index contributed by atoms with van der Waals surface area (Å²) in [4.78, 5) is 14.1. The first-order valence-corrected chi connectivity index (χ1v) is 6.73. The highest BCUT2D eigenvalue weighted by molar-refractivity contribution is 5.92. The molecule has 0 spiro atoms. The summed E-state index contributed by atoms with van der Waals surface area (Å²) in [6, 6.07) is 8.00. The fourth-order valence-corrected chi connectivity index (χ4v) is 1.89. The van der Waals surface area contributed by atoms with Gasteiger partial charge in [0.25, 0.3) is 0 Å². The van der Waals surface area contributed by atoms with Crippen LogP contribution < -0.4 is 11.1 Å². The third-order valence-corrected chi connectivity index (χ3v) is 3.56. The van der Waals surface area contributed by atoms with E-state index in [0.717, 1.165) is 11.3 Å². The molecule has 0 aliphatic carbocycles. The Morgan fingerprint density at radius 2 is 1.95 bits per heavy atom. The minimum absolute atomic E-state index is 0.00380. The molecule has 1 aromatic rings. The largest absolute Gasteiger partial charge is 0.326 e. The van der Waals surface area contributed by atoms with Crippen LogP contribution in [0.2, 0.25) is 0 Å². The molecule has 0 radical (unpaired) electrons. The SMILES string of the molecule is CC(C)C(C)N(C)CC(=O)Nc1ccccc1CN. The van der Waals surface area contributed by atoms with Crippen molar-refractivity contribution in [3.8, 4) is 0 Å². The number of rotatable bonds is 6. The molecule has 4 nitrogen and oxygen atoms in total. The summed E-state index contributed by atoms with van der Waals surface area (Å²) in [6.07, 6.45) is 0. The summed E-state index contributed by atoms with van der Waals surface area (Å²) in [6.45, 7) is 7.25. The Bertz CT molecular complexity index is 418. The zero-order chi connectivity index (χ0) is 14.4. The molecular formula is C15H25N3O. The van der Waals surface area contributed by atoms with Crippen LogP contribution in [0.25, 0.3) is 0 Å². The maximum atomic E-state index is 12.0. The van der Waals surface area contributed by atoms with E-state index in [1.807, 2.05) is 31.3 Å². The number of benzene rings is 1. The first-order valence-electron chi connectivity index (χ1n) is 6.73. The van der Waals surface area contributed by atoms with E-state index < -0.39 is 0 Å². The molecule has 0 saturated carbocycles.